The van der Waals surface area contributed by atoms with Gasteiger partial charge in [-0.3, -0.25) is 0 Å². The topological polar surface area (TPSA) is 50.8 Å². The minimum atomic E-state index is 0.0289. The Morgan fingerprint density at radius 3 is 2.46 bits per heavy atom. The molecule has 0 bridgehead atoms. The lowest BCUT2D eigenvalue weighted by atomic mass is 10.0. The number of nitrogens with one attached hydrogen (secondary N) is 1. The highest BCUT2D eigenvalue weighted by Crippen LogP contribution is 2.43. The van der Waals surface area contributed by atoms with Crippen molar-refractivity contribution in [3.63, 3.8) is 0 Å². The van der Waals surface area contributed by atoms with Crippen LogP contribution in [0, 0.1) is 11.8 Å². The van der Waals surface area contributed by atoms with Gasteiger partial charge in [-0.05, 0) is 62.1 Å². The van der Waals surface area contributed by atoms with Crippen molar-refractivity contribution in [1.29, 1.82) is 0 Å². The van der Waals surface area contributed by atoms with Crippen LogP contribution in [0.15, 0.2) is 18.2 Å². The monoisotopic (exact) mass is 330 g/mol. The second kappa shape index (κ2) is 6.19. The van der Waals surface area contributed by atoms with Gasteiger partial charge in [0.25, 0.3) is 0 Å². The zero-order valence-electron chi connectivity index (χ0n) is 14.5. The van der Waals surface area contributed by atoms with Gasteiger partial charge in [0.15, 0.2) is 11.5 Å². The molecular formula is C19H26N2O3. The number of hydrogen-bond acceptors (Lipinski definition) is 3. The lowest BCUT2D eigenvalue weighted by molar-refractivity contribution is 0.171. The second-order valence-electron chi connectivity index (χ2n) is 7.36. The molecule has 2 saturated carbocycles. The van der Waals surface area contributed by atoms with Crippen LogP contribution in [0.25, 0.3) is 0 Å². The molecule has 0 saturated heterocycles. The van der Waals surface area contributed by atoms with Gasteiger partial charge in [-0.25, -0.2) is 4.79 Å². The average molecular weight is 330 g/mol. The van der Waals surface area contributed by atoms with E-state index in [0.717, 1.165) is 17.1 Å². The summed E-state index contributed by atoms with van der Waals surface area (Å²) in [6.45, 7) is 3.32. The largest absolute Gasteiger partial charge is 0.486 e. The summed E-state index contributed by atoms with van der Waals surface area (Å²) in [4.78, 5) is 14.5. The molecule has 0 radical (unpaired) electrons. The maximum atomic E-state index is 12.7. The molecule has 3 aliphatic rings. The van der Waals surface area contributed by atoms with Crippen molar-refractivity contribution in [3.05, 3.63) is 23.8 Å². The van der Waals surface area contributed by atoms with Gasteiger partial charge < -0.3 is 19.7 Å². The molecule has 24 heavy (non-hydrogen) atoms. The highest BCUT2D eigenvalue weighted by molar-refractivity contribution is 5.75. The first-order chi connectivity index (χ1) is 11.6. The number of hydrogen-bond donors (Lipinski definition) is 1. The zero-order valence-corrected chi connectivity index (χ0v) is 14.5. The molecule has 2 atom stereocenters. The molecule has 1 N–H and O–H groups in total. The third-order valence-electron chi connectivity index (χ3n) is 5.53. The van der Waals surface area contributed by atoms with E-state index in [1.807, 2.05) is 24.1 Å². The quantitative estimate of drug-likeness (QED) is 0.901. The first kappa shape index (κ1) is 15.6. The number of amides is 2. The summed E-state index contributed by atoms with van der Waals surface area (Å²) in [7, 11) is 1.91. The van der Waals surface area contributed by atoms with Gasteiger partial charge >= 0.3 is 6.03 Å². The van der Waals surface area contributed by atoms with E-state index >= 15 is 0 Å². The molecule has 2 fully saturated rings. The predicted molar refractivity (Wildman–Crippen MR) is 91.4 cm³/mol. The van der Waals surface area contributed by atoms with Crippen LogP contribution in [0.4, 0.5) is 4.79 Å². The van der Waals surface area contributed by atoms with Crippen LogP contribution in [-0.2, 0) is 0 Å². The van der Waals surface area contributed by atoms with Crippen molar-refractivity contribution in [3.8, 4) is 11.5 Å². The van der Waals surface area contributed by atoms with Gasteiger partial charge in [-0.2, -0.15) is 0 Å². The molecule has 5 nitrogen and oxygen atoms in total. The maximum Gasteiger partial charge on any atom is 0.317 e. The van der Waals surface area contributed by atoms with E-state index in [9.17, 15) is 4.79 Å². The van der Waals surface area contributed by atoms with E-state index < -0.39 is 0 Å². The Kier molecular flexibility index (Phi) is 4.02. The molecule has 1 heterocycles. The number of ether oxygens (including phenoxy) is 2. The van der Waals surface area contributed by atoms with Crippen molar-refractivity contribution < 1.29 is 14.3 Å². The van der Waals surface area contributed by atoms with Gasteiger partial charge in [0.05, 0.1) is 6.04 Å². The first-order valence-corrected chi connectivity index (χ1v) is 9.06. The highest BCUT2D eigenvalue weighted by atomic mass is 16.6. The molecule has 2 amide bonds. The van der Waals surface area contributed by atoms with E-state index in [4.69, 9.17) is 9.47 Å². The molecule has 1 aromatic rings. The molecule has 1 aliphatic heterocycles. The Labute approximate surface area is 143 Å². The Balaban J connectivity index is 1.49. The number of rotatable bonds is 5. The van der Waals surface area contributed by atoms with Crippen molar-refractivity contribution in [2.45, 2.75) is 44.7 Å². The van der Waals surface area contributed by atoms with Crippen LogP contribution in [0.1, 0.15) is 44.2 Å². The third kappa shape index (κ3) is 3.17. The molecule has 0 spiro atoms. The summed E-state index contributed by atoms with van der Waals surface area (Å²) in [5.74, 6) is 2.79. The van der Waals surface area contributed by atoms with E-state index in [1.165, 1.54) is 25.7 Å². The Morgan fingerprint density at radius 1 is 1.12 bits per heavy atom. The Hall–Kier alpha value is -1.91. The van der Waals surface area contributed by atoms with E-state index in [0.29, 0.717) is 31.1 Å². The minimum Gasteiger partial charge on any atom is -0.486 e. The molecule has 0 aromatic heterocycles. The number of nitrogens with zero attached hydrogens (tertiary/aromatic N) is 1. The molecule has 130 valence electrons. The molecule has 5 heteroatoms. The Bertz CT molecular complexity index is 625. The fourth-order valence-electron chi connectivity index (χ4n) is 3.47. The van der Waals surface area contributed by atoms with Crippen molar-refractivity contribution in [2.24, 2.45) is 11.8 Å². The van der Waals surface area contributed by atoms with Crippen LogP contribution in [0.2, 0.25) is 0 Å². The molecule has 4 rings (SSSR count). The van der Waals surface area contributed by atoms with E-state index in [2.05, 4.69) is 18.3 Å². The summed E-state index contributed by atoms with van der Waals surface area (Å²) in [6, 6.07) is 6.44. The summed E-state index contributed by atoms with van der Waals surface area (Å²) >= 11 is 0. The third-order valence-corrected chi connectivity index (χ3v) is 5.53. The predicted octanol–water partition coefficient (Wildman–Crippen LogP) is 3.35. The number of carbonyl (C=O) groups is 1. The standard InChI is InChI=1S/C19H26N2O3/c1-12(13-3-4-13)21(2)19(22)20-18(14-5-6-14)15-7-8-16-17(11-15)24-10-9-23-16/h7-8,11-14,18H,3-6,9-10H2,1-2H3,(H,20,22)/t12-,18+/m0/s1. The fourth-order valence-corrected chi connectivity index (χ4v) is 3.47. The number of carbonyl (C=O) groups excluding carboxylic acids is 1. The number of fused-ring (bicyclic) bond motifs is 1. The molecule has 1 aromatic carbocycles. The first-order valence-electron chi connectivity index (χ1n) is 9.06. The summed E-state index contributed by atoms with van der Waals surface area (Å²) in [5.41, 5.74) is 1.11. The normalized spacial score (nSPS) is 21.8. The van der Waals surface area contributed by atoms with Crippen molar-refractivity contribution in [1.82, 2.24) is 10.2 Å². The maximum absolute atomic E-state index is 12.7. The van der Waals surface area contributed by atoms with Gasteiger partial charge in [0, 0.05) is 13.1 Å². The van der Waals surface area contributed by atoms with E-state index in [-0.39, 0.29) is 12.1 Å². The van der Waals surface area contributed by atoms with Gasteiger partial charge in [-0.15, -0.1) is 0 Å². The molecule has 2 aliphatic carbocycles. The average Bonchev–Trinajstić information content (AvgIpc) is 3.49. The van der Waals surface area contributed by atoms with Crippen LogP contribution >= 0.6 is 0 Å². The number of benzene rings is 1. The minimum absolute atomic E-state index is 0.0289. The molecule has 0 unspecified atom stereocenters. The van der Waals surface area contributed by atoms with Crippen LogP contribution in [0.5, 0.6) is 11.5 Å². The van der Waals surface area contributed by atoms with Crippen LogP contribution in [-0.4, -0.2) is 37.2 Å². The van der Waals surface area contributed by atoms with Crippen molar-refractivity contribution in [2.75, 3.05) is 20.3 Å². The van der Waals surface area contributed by atoms with Crippen LogP contribution < -0.4 is 14.8 Å². The second-order valence-corrected chi connectivity index (χ2v) is 7.36. The lowest BCUT2D eigenvalue weighted by Gasteiger charge is -2.29. The van der Waals surface area contributed by atoms with Gasteiger partial charge in [-0.1, -0.05) is 6.07 Å². The summed E-state index contributed by atoms with van der Waals surface area (Å²) in [5, 5.41) is 3.26. The smallest absolute Gasteiger partial charge is 0.317 e. The zero-order chi connectivity index (χ0) is 16.7. The summed E-state index contributed by atoms with van der Waals surface area (Å²) in [6.07, 6.45) is 4.82. The summed E-state index contributed by atoms with van der Waals surface area (Å²) < 4.78 is 11.3. The van der Waals surface area contributed by atoms with E-state index in [1.54, 1.807) is 0 Å². The SMILES string of the molecule is C[C@@H](C1CC1)N(C)C(=O)N[C@@H](c1ccc2c(c1)OCCO2)C1CC1. The van der Waals surface area contributed by atoms with Crippen LogP contribution in [0.3, 0.4) is 0 Å². The van der Waals surface area contributed by atoms with Crippen molar-refractivity contribution >= 4 is 6.03 Å². The molecular weight excluding hydrogens is 304 g/mol. The lowest BCUT2D eigenvalue weighted by Crippen LogP contribution is -2.45. The number of urea groups is 1. The fraction of sp³-hybridized carbons (Fsp3) is 0.632. The van der Waals surface area contributed by atoms with Gasteiger partial charge in [0.1, 0.15) is 13.2 Å². The highest BCUT2D eigenvalue weighted by Gasteiger charge is 2.37. The Morgan fingerprint density at radius 2 is 1.79 bits per heavy atom. The van der Waals surface area contributed by atoms with Gasteiger partial charge in [0.2, 0.25) is 0 Å².